The molecule has 3 aromatic rings. The van der Waals surface area contributed by atoms with Gasteiger partial charge in [0.1, 0.15) is 6.61 Å². The Labute approximate surface area is 215 Å². The predicted octanol–water partition coefficient (Wildman–Crippen LogP) is 4.67. The zero-order valence-corrected chi connectivity index (χ0v) is 20.8. The van der Waals surface area contributed by atoms with E-state index in [1.165, 1.54) is 0 Å². The lowest BCUT2D eigenvalue weighted by atomic mass is 10.0. The molecule has 2 heterocycles. The van der Waals surface area contributed by atoms with Crippen LogP contribution in [0.4, 0.5) is 5.82 Å². The molecule has 0 aliphatic carbocycles. The standard InChI is InChI=1S/C26H28Cl2N4O3/c27-22-7-6-20(23(28)15-22)17-35-24-14-21(16-31-25(24)29)18-2-4-19(5-3-18)26(33)30-8-1-9-32-10-12-34-13-11-32/h2-7,14-16H,1,8-13,17H2,(H2,29,31)(H,30,33). The summed E-state index contributed by atoms with van der Waals surface area (Å²) in [7, 11) is 0. The molecule has 7 nitrogen and oxygen atoms in total. The van der Waals surface area contributed by atoms with E-state index in [0.717, 1.165) is 56.0 Å². The quantitative estimate of drug-likeness (QED) is 0.403. The molecule has 184 valence electrons. The largest absolute Gasteiger partial charge is 0.485 e. The molecule has 0 atom stereocenters. The minimum Gasteiger partial charge on any atom is -0.485 e. The molecule has 3 N–H and O–H groups in total. The van der Waals surface area contributed by atoms with E-state index in [1.807, 2.05) is 24.3 Å². The molecule has 0 spiro atoms. The maximum absolute atomic E-state index is 12.5. The SMILES string of the molecule is Nc1ncc(-c2ccc(C(=O)NCCCN3CCOCC3)cc2)cc1OCc1ccc(Cl)cc1Cl. The molecule has 1 saturated heterocycles. The van der Waals surface area contributed by atoms with Crippen LogP contribution in [-0.4, -0.2) is 55.2 Å². The van der Waals surface area contributed by atoms with Crippen LogP contribution in [0.25, 0.3) is 11.1 Å². The number of rotatable bonds is 9. The van der Waals surface area contributed by atoms with E-state index >= 15 is 0 Å². The minimum atomic E-state index is -0.0853. The number of benzene rings is 2. The monoisotopic (exact) mass is 514 g/mol. The fraction of sp³-hybridized carbons (Fsp3) is 0.308. The highest BCUT2D eigenvalue weighted by Gasteiger charge is 2.12. The van der Waals surface area contributed by atoms with Crippen molar-refractivity contribution in [2.75, 3.05) is 45.1 Å². The van der Waals surface area contributed by atoms with Gasteiger partial charge >= 0.3 is 0 Å². The number of hydrogen-bond donors (Lipinski definition) is 2. The first-order valence-electron chi connectivity index (χ1n) is 11.5. The molecule has 1 aliphatic rings. The first kappa shape index (κ1) is 25.3. The summed E-state index contributed by atoms with van der Waals surface area (Å²) in [5, 5.41) is 4.08. The molecular weight excluding hydrogens is 487 g/mol. The minimum absolute atomic E-state index is 0.0853. The van der Waals surface area contributed by atoms with Crippen molar-refractivity contribution in [3.63, 3.8) is 0 Å². The lowest BCUT2D eigenvalue weighted by Gasteiger charge is -2.26. The normalized spacial score (nSPS) is 14.0. The number of nitrogens with two attached hydrogens (primary N) is 1. The third-order valence-corrected chi connectivity index (χ3v) is 6.39. The molecule has 1 amide bonds. The number of carbonyl (C=O) groups is 1. The number of hydrogen-bond acceptors (Lipinski definition) is 6. The van der Waals surface area contributed by atoms with Gasteiger partial charge in [0.05, 0.1) is 13.2 Å². The van der Waals surface area contributed by atoms with Crippen LogP contribution >= 0.6 is 23.2 Å². The third kappa shape index (κ3) is 7.08. The van der Waals surface area contributed by atoms with Crippen LogP contribution < -0.4 is 15.8 Å². The molecule has 1 aliphatic heterocycles. The number of carbonyl (C=O) groups excluding carboxylic acids is 1. The number of amides is 1. The summed E-state index contributed by atoms with van der Waals surface area (Å²) in [6, 6.07) is 14.4. The van der Waals surface area contributed by atoms with Gasteiger partial charge < -0.3 is 20.5 Å². The maximum Gasteiger partial charge on any atom is 0.251 e. The number of ether oxygens (including phenoxy) is 2. The van der Waals surface area contributed by atoms with E-state index in [1.54, 1.807) is 30.5 Å². The average molecular weight is 515 g/mol. The lowest BCUT2D eigenvalue weighted by molar-refractivity contribution is 0.0374. The number of anilines is 1. The Morgan fingerprint density at radius 1 is 1.09 bits per heavy atom. The Morgan fingerprint density at radius 2 is 1.86 bits per heavy atom. The zero-order valence-electron chi connectivity index (χ0n) is 19.3. The lowest BCUT2D eigenvalue weighted by Crippen LogP contribution is -2.38. The number of halogens is 2. The molecule has 1 aromatic heterocycles. The number of aromatic nitrogens is 1. The van der Waals surface area contributed by atoms with Crippen LogP contribution in [0.2, 0.25) is 10.0 Å². The summed E-state index contributed by atoms with van der Waals surface area (Å²) in [5.74, 6) is 0.653. The van der Waals surface area contributed by atoms with Crippen molar-refractivity contribution < 1.29 is 14.3 Å². The summed E-state index contributed by atoms with van der Waals surface area (Å²) in [5.41, 5.74) is 9.14. The van der Waals surface area contributed by atoms with Gasteiger partial charge in [-0.05, 0) is 48.9 Å². The molecule has 9 heteroatoms. The number of pyridine rings is 1. The van der Waals surface area contributed by atoms with E-state index in [9.17, 15) is 4.79 Å². The second-order valence-electron chi connectivity index (χ2n) is 8.27. The van der Waals surface area contributed by atoms with E-state index in [0.29, 0.717) is 27.9 Å². The fourth-order valence-corrected chi connectivity index (χ4v) is 4.23. The van der Waals surface area contributed by atoms with Crippen molar-refractivity contribution in [1.29, 1.82) is 0 Å². The first-order chi connectivity index (χ1) is 17.0. The maximum atomic E-state index is 12.5. The van der Waals surface area contributed by atoms with Gasteiger partial charge in [-0.1, -0.05) is 41.4 Å². The van der Waals surface area contributed by atoms with Crippen molar-refractivity contribution in [1.82, 2.24) is 15.2 Å². The van der Waals surface area contributed by atoms with Crippen molar-refractivity contribution in [2.24, 2.45) is 0 Å². The molecule has 35 heavy (non-hydrogen) atoms. The van der Waals surface area contributed by atoms with E-state index in [-0.39, 0.29) is 18.3 Å². The van der Waals surface area contributed by atoms with Crippen LogP contribution in [0.15, 0.2) is 54.7 Å². The number of nitrogen functional groups attached to an aromatic ring is 1. The number of nitrogens with one attached hydrogen (secondary N) is 1. The van der Waals surface area contributed by atoms with Crippen molar-refractivity contribution in [2.45, 2.75) is 13.0 Å². The van der Waals surface area contributed by atoms with Gasteiger partial charge in [0.25, 0.3) is 5.91 Å². The van der Waals surface area contributed by atoms with Gasteiger partial charge in [-0.25, -0.2) is 4.98 Å². The Hall–Kier alpha value is -2.84. The molecule has 0 radical (unpaired) electrons. The van der Waals surface area contributed by atoms with Gasteiger partial charge in [0.15, 0.2) is 11.6 Å². The molecule has 4 rings (SSSR count). The number of nitrogens with zero attached hydrogens (tertiary/aromatic N) is 2. The molecule has 0 bridgehead atoms. The predicted molar refractivity (Wildman–Crippen MR) is 139 cm³/mol. The Kier molecular flexibility index (Phi) is 8.82. The zero-order chi connectivity index (χ0) is 24.6. The van der Waals surface area contributed by atoms with E-state index < -0.39 is 0 Å². The van der Waals surface area contributed by atoms with Crippen LogP contribution in [0.3, 0.4) is 0 Å². The first-order valence-corrected chi connectivity index (χ1v) is 12.3. The molecule has 1 fully saturated rings. The van der Waals surface area contributed by atoms with E-state index in [2.05, 4.69) is 15.2 Å². The summed E-state index contributed by atoms with van der Waals surface area (Å²) >= 11 is 12.2. The second-order valence-corrected chi connectivity index (χ2v) is 9.12. The highest BCUT2D eigenvalue weighted by molar-refractivity contribution is 6.35. The fourth-order valence-electron chi connectivity index (χ4n) is 3.77. The van der Waals surface area contributed by atoms with Crippen LogP contribution in [0.5, 0.6) is 5.75 Å². The highest BCUT2D eigenvalue weighted by Crippen LogP contribution is 2.29. The van der Waals surface area contributed by atoms with Gasteiger partial charge in [-0.3, -0.25) is 9.69 Å². The Morgan fingerprint density at radius 3 is 2.60 bits per heavy atom. The summed E-state index contributed by atoms with van der Waals surface area (Å²) in [4.78, 5) is 19.1. The topological polar surface area (TPSA) is 89.7 Å². The smallest absolute Gasteiger partial charge is 0.251 e. The van der Waals surface area contributed by atoms with Gasteiger partial charge in [0.2, 0.25) is 0 Å². The molecule has 0 unspecified atom stereocenters. The van der Waals surface area contributed by atoms with Crippen LogP contribution in [-0.2, 0) is 11.3 Å². The van der Waals surface area contributed by atoms with Crippen LogP contribution in [0.1, 0.15) is 22.3 Å². The third-order valence-electron chi connectivity index (χ3n) is 5.80. The second kappa shape index (κ2) is 12.2. The van der Waals surface area contributed by atoms with E-state index in [4.69, 9.17) is 38.4 Å². The van der Waals surface area contributed by atoms with Gasteiger partial charge in [0, 0.05) is 52.6 Å². The van der Waals surface area contributed by atoms with Crippen molar-refractivity contribution >= 4 is 34.9 Å². The molecule has 0 saturated carbocycles. The average Bonchev–Trinajstić information content (AvgIpc) is 2.87. The Balaban J connectivity index is 1.32. The molecule has 2 aromatic carbocycles. The summed E-state index contributed by atoms with van der Waals surface area (Å²) in [6.45, 7) is 5.31. The van der Waals surface area contributed by atoms with Crippen LogP contribution in [0, 0.1) is 0 Å². The van der Waals surface area contributed by atoms with Gasteiger partial charge in [-0.15, -0.1) is 0 Å². The highest BCUT2D eigenvalue weighted by atomic mass is 35.5. The summed E-state index contributed by atoms with van der Waals surface area (Å²) in [6.07, 6.45) is 2.59. The Bertz CT molecular complexity index is 1150. The van der Waals surface area contributed by atoms with Crippen molar-refractivity contribution in [3.05, 3.63) is 75.9 Å². The van der Waals surface area contributed by atoms with Crippen molar-refractivity contribution in [3.8, 4) is 16.9 Å². The summed E-state index contributed by atoms with van der Waals surface area (Å²) < 4.78 is 11.2. The molecular formula is C26H28Cl2N4O3. The van der Waals surface area contributed by atoms with Gasteiger partial charge in [-0.2, -0.15) is 0 Å². The number of morpholine rings is 1.